The fourth-order valence-corrected chi connectivity index (χ4v) is 2.33. The van der Waals surface area contributed by atoms with E-state index < -0.39 is 0 Å². The highest BCUT2D eigenvalue weighted by Crippen LogP contribution is 2.32. The smallest absolute Gasteiger partial charge is 0.238 e. The number of para-hydroxylation sites is 1. The fraction of sp³-hybridized carbons (Fsp3) is 0.0588. The van der Waals surface area contributed by atoms with E-state index in [4.69, 9.17) is 0 Å². The molecule has 0 aliphatic rings. The van der Waals surface area contributed by atoms with E-state index in [0.717, 1.165) is 11.3 Å². The van der Waals surface area contributed by atoms with Crippen molar-refractivity contribution in [3.63, 3.8) is 0 Å². The monoisotopic (exact) mass is 278 g/mol. The highest BCUT2D eigenvalue weighted by Gasteiger charge is 2.21. The first-order valence-electron chi connectivity index (χ1n) is 6.62. The molecule has 1 heterocycles. The van der Waals surface area contributed by atoms with Gasteiger partial charge >= 0.3 is 0 Å². The van der Waals surface area contributed by atoms with Crippen LogP contribution in [0.5, 0.6) is 5.88 Å². The largest absolute Gasteiger partial charge is 0.492 e. The minimum Gasteiger partial charge on any atom is -0.492 e. The van der Waals surface area contributed by atoms with Crippen molar-refractivity contribution in [1.29, 1.82) is 0 Å². The molecular formula is C17H14N2O2. The zero-order valence-electron chi connectivity index (χ0n) is 11.5. The number of hydrogen-bond donors (Lipinski definition) is 1. The van der Waals surface area contributed by atoms with Crippen molar-refractivity contribution in [2.75, 3.05) is 0 Å². The van der Waals surface area contributed by atoms with Crippen LogP contribution in [0.4, 0.5) is 0 Å². The molecule has 0 aliphatic carbocycles. The maximum Gasteiger partial charge on any atom is 0.238 e. The minimum atomic E-state index is -0.198. The van der Waals surface area contributed by atoms with Crippen LogP contribution in [0.2, 0.25) is 0 Å². The van der Waals surface area contributed by atoms with Crippen LogP contribution in [0.15, 0.2) is 60.7 Å². The molecule has 0 saturated heterocycles. The maximum absolute atomic E-state index is 11.8. The molecule has 21 heavy (non-hydrogen) atoms. The van der Waals surface area contributed by atoms with Crippen LogP contribution in [-0.2, 0) is 0 Å². The lowest BCUT2D eigenvalue weighted by atomic mass is 10.1. The van der Waals surface area contributed by atoms with Gasteiger partial charge in [-0.3, -0.25) is 9.36 Å². The summed E-state index contributed by atoms with van der Waals surface area (Å²) in [5.41, 5.74) is 2.11. The Kier molecular flexibility index (Phi) is 3.28. The van der Waals surface area contributed by atoms with E-state index in [-0.39, 0.29) is 17.5 Å². The van der Waals surface area contributed by atoms with E-state index in [1.807, 2.05) is 60.7 Å². The van der Waals surface area contributed by atoms with Gasteiger partial charge in [-0.25, -0.2) is 0 Å². The van der Waals surface area contributed by atoms with Crippen LogP contribution in [0.3, 0.4) is 0 Å². The van der Waals surface area contributed by atoms with Gasteiger partial charge in [0.1, 0.15) is 5.69 Å². The van der Waals surface area contributed by atoms with Gasteiger partial charge in [0.2, 0.25) is 5.88 Å². The van der Waals surface area contributed by atoms with Crippen molar-refractivity contribution in [3.05, 3.63) is 66.5 Å². The van der Waals surface area contributed by atoms with Gasteiger partial charge in [0.05, 0.1) is 0 Å². The number of carbonyl (C=O) groups is 1. The molecule has 0 saturated carbocycles. The number of nitrogens with zero attached hydrogens (tertiary/aromatic N) is 2. The highest BCUT2D eigenvalue weighted by atomic mass is 16.3. The fourth-order valence-electron chi connectivity index (χ4n) is 2.33. The molecule has 104 valence electrons. The third-order valence-corrected chi connectivity index (χ3v) is 3.24. The van der Waals surface area contributed by atoms with Gasteiger partial charge in [0, 0.05) is 18.2 Å². The van der Waals surface area contributed by atoms with E-state index in [2.05, 4.69) is 4.98 Å². The number of benzene rings is 2. The van der Waals surface area contributed by atoms with Crippen molar-refractivity contribution in [1.82, 2.24) is 9.55 Å². The Bertz CT molecular complexity index is 777. The standard InChI is InChI=1S/C17H14N2O2/c1-12(20)16-18-17(21)15(13-8-4-2-5-9-13)19(16)14-10-6-3-7-11-14/h2-11,21H,1H3. The summed E-state index contributed by atoms with van der Waals surface area (Å²) in [6.07, 6.45) is 0. The number of ketones is 1. The lowest BCUT2D eigenvalue weighted by Gasteiger charge is -2.10. The molecule has 4 heteroatoms. The van der Waals surface area contributed by atoms with E-state index in [1.165, 1.54) is 6.92 Å². The zero-order valence-corrected chi connectivity index (χ0v) is 11.5. The third-order valence-electron chi connectivity index (χ3n) is 3.24. The average molecular weight is 278 g/mol. The molecule has 0 aliphatic heterocycles. The van der Waals surface area contributed by atoms with Gasteiger partial charge in [-0.1, -0.05) is 48.5 Å². The number of aromatic hydroxyl groups is 1. The molecule has 0 amide bonds. The van der Waals surface area contributed by atoms with Gasteiger partial charge in [-0.05, 0) is 12.1 Å². The zero-order chi connectivity index (χ0) is 14.8. The minimum absolute atomic E-state index is 0.143. The summed E-state index contributed by atoms with van der Waals surface area (Å²) in [4.78, 5) is 15.9. The molecule has 3 rings (SSSR count). The lowest BCUT2D eigenvalue weighted by molar-refractivity contribution is 0.100. The van der Waals surface area contributed by atoms with Gasteiger partial charge in [-0.2, -0.15) is 4.98 Å². The van der Waals surface area contributed by atoms with E-state index >= 15 is 0 Å². The Labute approximate surface area is 122 Å². The second-order valence-corrected chi connectivity index (χ2v) is 4.70. The topological polar surface area (TPSA) is 55.1 Å². The molecule has 1 N–H and O–H groups in total. The molecule has 0 unspecified atom stereocenters. The Morgan fingerprint density at radius 2 is 1.57 bits per heavy atom. The van der Waals surface area contributed by atoms with Crippen molar-refractivity contribution in [3.8, 4) is 22.8 Å². The van der Waals surface area contributed by atoms with Gasteiger partial charge in [0.15, 0.2) is 11.6 Å². The van der Waals surface area contributed by atoms with Crippen LogP contribution < -0.4 is 0 Å². The summed E-state index contributed by atoms with van der Waals surface area (Å²) < 4.78 is 1.69. The summed E-state index contributed by atoms with van der Waals surface area (Å²) in [5, 5.41) is 10.2. The second-order valence-electron chi connectivity index (χ2n) is 4.70. The van der Waals surface area contributed by atoms with Gasteiger partial charge in [-0.15, -0.1) is 0 Å². The van der Waals surface area contributed by atoms with Crippen LogP contribution in [0, 0.1) is 0 Å². The van der Waals surface area contributed by atoms with Crippen molar-refractivity contribution in [2.45, 2.75) is 6.92 Å². The Morgan fingerprint density at radius 1 is 1.00 bits per heavy atom. The number of Topliss-reactive ketones (excluding diaryl/α,β-unsaturated/α-hetero) is 1. The molecular weight excluding hydrogens is 264 g/mol. The summed E-state index contributed by atoms with van der Waals surface area (Å²) in [5.74, 6) is -0.121. The van der Waals surface area contributed by atoms with Crippen molar-refractivity contribution < 1.29 is 9.90 Å². The predicted octanol–water partition coefficient (Wildman–Crippen LogP) is 3.45. The first kappa shape index (κ1) is 13.1. The summed E-state index contributed by atoms with van der Waals surface area (Å²) in [7, 11) is 0. The predicted molar refractivity (Wildman–Crippen MR) is 80.7 cm³/mol. The average Bonchev–Trinajstić information content (AvgIpc) is 2.87. The van der Waals surface area contributed by atoms with E-state index in [0.29, 0.717) is 5.69 Å². The number of aromatic nitrogens is 2. The molecule has 0 bridgehead atoms. The van der Waals surface area contributed by atoms with Crippen molar-refractivity contribution in [2.24, 2.45) is 0 Å². The summed E-state index contributed by atoms with van der Waals surface area (Å²) in [6.45, 7) is 1.44. The SMILES string of the molecule is CC(=O)c1nc(O)c(-c2ccccc2)n1-c1ccccc1. The Hall–Kier alpha value is -2.88. The van der Waals surface area contributed by atoms with Crippen LogP contribution in [0.25, 0.3) is 16.9 Å². The number of rotatable bonds is 3. The quantitative estimate of drug-likeness (QED) is 0.747. The van der Waals surface area contributed by atoms with E-state index in [1.54, 1.807) is 4.57 Å². The molecule has 0 fully saturated rings. The Morgan fingerprint density at radius 3 is 2.14 bits per heavy atom. The molecule has 1 aromatic heterocycles. The summed E-state index contributed by atoms with van der Waals surface area (Å²) in [6, 6.07) is 18.8. The molecule has 0 spiro atoms. The maximum atomic E-state index is 11.8. The molecule has 0 atom stereocenters. The molecule has 0 radical (unpaired) electrons. The van der Waals surface area contributed by atoms with Crippen LogP contribution >= 0.6 is 0 Å². The molecule has 2 aromatic carbocycles. The van der Waals surface area contributed by atoms with Crippen LogP contribution in [0.1, 0.15) is 17.5 Å². The first-order chi connectivity index (χ1) is 10.2. The van der Waals surface area contributed by atoms with Crippen LogP contribution in [-0.4, -0.2) is 20.4 Å². The highest BCUT2D eigenvalue weighted by molar-refractivity contribution is 5.93. The number of imidazole rings is 1. The first-order valence-corrected chi connectivity index (χ1v) is 6.62. The van der Waals surface area contributed by atoms with E-state index in [9.17, 15) is 9.90 Å². The normalized spacial score (nSPS) is 10.5. The third kappa shape index (κ3) is 2.31. The number of carbonyl (C=O) groups excluding carboxylic acids is 1. The summed E-state index contributed by atoms with van der Waals surface area (Å²) >= 11 is 0. The van der Waals surface area contributed by atoms with Gasteiger partial charge < -0.3 is 5.11 Å². The lowest BCUT2D eigenvalue weighted by Crippen LogP contribution is -2.07. The van der Waals surface area contributed by atoms with Crippen molar-refractivity contribution >= 4 is 5.78 Å². The Balaban J connectivity index is 2.32. The van der Waals surface area contributed by atoms with Gasteiger partial charge in [0.25, 0.3) is 0 Å². The molecule has 3 aromatic rings. The molecule has 4 nitrogen and oxygen atoms in total. The number of hydrogen-bond acceptors (Lipinski definition) is 3. The second kappa shape index (κ2) is 5.25.